The van der Waals surface area contributed by atoms with E-state index in [0.29, 0.717) is 37.9 Å². The lowest BCUT2D eigenvalue weighted by molar-refractivity contribution is -0.128. The molecule has 1 saturated heterocycles. The minimum absolute atomic E-state index is 0.0630. The molecule has 0 aliphatic carbocycles. The maximum atomic E-state index is 12.6. The van der Waals surface area contributed by atoms with Crippen molar-refractivity contribution in [3.63, 3.8) is 0 Å². The summed E-state index contributed by atoms with van der Waals surface area (Å²) in [5.41, 5.74) is 1.96. The van der Waals surface area contributed by atoms with Gasteiger partial charge in [-0.2, -0.15) is 0 Å². The summed E-state index contributed by atoms with van der Waals surface area (Å²) in [6.07, 6.45) is 1.66. The minimum atomic E-state index is -0.731. The quantitative estimate of drug-likeness (QED) is 0.776. The Kier molecular flexibility index (Phi) is 6.15. The van der Waals surface area contributed by atoms with Crippen LogP contribution in [-0.4, -0.2) is 40.0 Å². The van der Waals surface area contributed by atoms with Crippen molar-refractivity contribution in [2.45, 2.75) is 51.3 Å². The van der Waals surface area contributed by atoms with Crippen LogP contribution in [0, 0.1) is 0 Å². The van der Waals surface area contributed by atoms with Gasteiger partial charge in [-0.3, -0.25) is 9.59 Å². The van der Waals surface area contributed by atoms with Crippen molar-refractivity contribution in [2.24, 2.45) is 0 Å². The lowest BCUT2D eigenvalue weighted by atomic mass is 9.98. The van der Waals surface area contributed by atoms with Crippen LogP contribution in [0.5, 0.6) is 0 Å². The van der Waals surface area contributed by atoms with Crippen LogP contribution >= 0.6 is 0 Å². The summed E-state index contributed by atoms with van der Waals surface area (Å²) in [7, 11) is 0. The van der Waals surface area contributed by atoms with E-state index in [2.05, 4.69) is 5.32 Å². The fraction of sp³-hybridized carbons (Fsp3) is 0.391. The molecule has 2 N–H and O–H groups in total. The lowest BCUT2D eigenvalue weighted by Gasteiger charge is -2.18. The molecule has 2 aromatic carbocycles. The van der Waals surface area contributed by atoms with Crippen molar-refractivity contribution in [3.05, 3.63) is 71.3 Å². The Balaban J connectivity index is 1.57. The van der Waals surface area contributed by atoms with E-state index in [1.807, 2.05) is 48.5 Å². The number of carbonyl (C=O) groups is 2. The first-order chi connectivity index (χ1) is 13.3. The van der Waals surface area contributed by atoms with Crippen LogP contribution in [0.2, 0.25) is 0 Å². The molecule has 0 bridgehead atoms. The van der Waals surface area contributed by atoms with Crippen LogP contribution < -0.4 is 5.32 Å². The van der Waals surface area contributed by atoms with Crippen LogP contribution in [0.3, 0.4) is 0 Å². The predicted octanol–water partition coefficient (Wildman–Crippen LogP) is 2.92. The number of amides is 2. The van der Waals surface area contributed by atoms with Gasteiger partial charge in [0.05, 0.1) is 11.6 Å². The van der Waals surface area contributed by atoms with Gasteiger partial charge >= 0.3 is 0 Å². The highest BCUT2D eigenvalue weighted by molar-refractivity contribution is 5.95. The fourth-order valence-electron chi connectivity index (χ4n) is 3.41. The molecule has 148 valence electrons. The largest absolute Gasteiger partial charge is 0.390 e. The highest BCUT2D eigenvalue weighted by Crippen LogP contribution is 2.17. The summed E-state index contributed by atoms with van der Waals surface area (Å²) in [6.45, 7) is 4.65. The van der Waals surface area contributed by atoms with E-state index in [4.69, 9.17) is 0 Å². The molecular weight excluding hydrogens is 352 g/mol. The molecule has 1 unspecified atom stereocenters. The van der Waals surface area contributed by atoms with E-state index in [9.17, 15) is 14.7 Å². The number of aryl methyl sites for hydroxylation is 1. The van der Waals surface area contributed by atoms with Gasteiger partial charge in [-0.15, -0.1) is 0 Å². The predicted molar refractivity (Wildman–Crippen MR) is 109 cm³/mol. The number of hydrogen-bond donors (Lipinski definition) is 2. The van der Waals surface area contributed by atoms with Crippen molar-refractivity contribution in [2.75, 3.05) is 6.54 Å². The molecule has 5 nitrogen and oxygen atoms in total. The van der Waals surface area contributed by atoms with E-state index in [1.54, 1.807) is 24.8 Å². The molecule has 5 heteroatoms. The van der Waals surface area contributed by atoms with Gasteiger partial charge in [0.25, 0.3) is 5.91 Å². The van der Waals surface area contributed by atoms with Crippen molar-refractivity contribution >= 4 is 11.8 Å². The summed E-state index contributed by atoms with van der Waals surface area (Å²) in [6, 6.07) is 17.1. The zero-order valence-electron chi connectivity index (χ0n) is 16.5. The molecule has 3 rings (SSSR count). The van der Waals surface area contributed by atoms with Gasteiger partial charge in [0.1, 0.15) is 0 Å². The summed E-state index contributed by atoms with van der Waals surface area (Å²) in [5, 5.41) is 12.9. The normalized spacial score (nSPS) is 17.0. The smallest absolute Gasteiger partial charge is 0.251 e. The Bertz CT molecular complexity index is 827. The van der Waals surface area contributed by atoms with E-state index in [-0.39, 0.29) is 17.9 Å². The first kappa shape index (κ1) is 20.1. The van der Waals surface area contributed by atoms with Crippen molar-refractivity contribution < 1.29 is 14.7 Å². The molecule has 0 saturated carbocycles. The Morgan fingerprint density at radius 2 is 1.86 bits per heavy atom. The molecule has 0 aromatic heterocycles. The zero-order chi connectivity index (χ0) is 20.1. The summed E-state index contributed by atoms with van der Waals surface area (Å²) in [5.74, 6) is -0.0995. The van der Waals surface area contributed by atoms with Crippen LogP contribution in [0.25, 0.3) is 0 Å². The summed E-state index contributed by atoms with van der Waals surface area (Å²) in [4.78, 5) is 26.7. The Labute approximate surface area is 166 Å². The molecule has 1 atom stereocenters. The molecule has 0 spiro atoms. The number of hydrogen-bond acceptors (Lipinski definition) is 3. The van der Waals surface area contributed by atoms with Gasteiger partial charge in [0.15, 0.2) is 0 Å². The number of carbonyl (C=O) groups excluding carboxylic acids is 2. The van der Waals surface area contributed by atoms with Crippen LogP contribution in [0.15, 0.2) is 54.6 Å². The number of nitrogens with one attached hydrogen (secondary N) is 1. The summed E-state index contributed by atoms with van der Waals surface area (Å²) < 4.78 is 0. The third-order valence-corrected chi connectivity index (χ3v) is 4.98. The molecule has 1 aliphatic heterocycles. The van der Waals surface area contributed by atoms with Crippen LogP contribution in [0.4, 0.5) is 0 Å². The highest BCUT2D eigenvalue weighted by atomic mass is 16.3. The molecule has 0 radical (unpaired) electrons. The third-order valence-electron chi connectivity index (χ3n) is 4.98. The van der Waals surface area contributed by atoms with E-state index in [1.165, 1.54) is 0 Å². The van der Waals surface area contributed by atoms with E-state index in [0.717, 1.165) is 11.1 Å². The van der Waals surface area contributed by atoms with Gasteiger partial charge in [-0.1, -0.05) is 42.5 Å². The number of nitrogens with zero attached hydrogens (tertiary/aromatic N) is 1. The molecular formula is C23H28N2O3. The Hall–Kier alpha value is -2.66. The molecule has 28 heavy (non-hydrogen) atoms. The standard InChI is InChI=1S/C23H28N2O3/c1-23(2,28)12-11-17-9-6-10-19(13-17)22(27)24-20-14-21(26)25(16-20)15-18-7-4-3-5-8-18/h3-10,13,20,28H,11-12,14-16H2,1-2H3,(H,24,27). The average molecular weight is 380 g/mol. The fourth-order valence-corrected chi connectivity index (χ4v) is 3.41. The van der Waals surface area contributed by atoms with E-state index < -0.39 is 5.60 Å². The second-order valence-corrected chi connectivity index (χ2v) is 8.15. The first-order valence-corrected chi connectivity index (χ1v) is 9.74. The monoisotopic (exact) mass is 380 g/mol. The molecule has 1 heterocycles. The van der Waals surface area contributed by atoms with Gasteiger partial charge in [-0.25, -0.2) is 0 Å². The van der Waals surface area contributed by atoms with Crippen LogP contribution in [0.1, 0.15) is 48.2 Å². The SMILES string of the molecule is CC(C)(O)CCc1cccc(C(=O)NC2CC(=O)N(Cc3ccccc3)C2)c1. The zero-order valence-corrected chi connectivity index (χ0v) is 16.5. The average Bonchev–Trinajstić information content (AvgIpc) is 2.99. The number of rotatable bonds is 7. The maximum Gasteiger partial charge on any atom is 0.251 e. The summed E-state index contributed by atoms with van der Waals surface area (Å²) >= 11 is 0. The van der Waals surface area contributed by atoms with Crippen LogP contribution in [-0.2, 0) is 17.8 Å². The maximum absolute atomic E-state index is 12.6. The second kappa shape index (κ2) is 8.57. The number of likely N-dealkylation sites (tertiary alicyclic amines) is 1. The molecule has 1 fully saturated rings. The van der Waals surface area contributed by atoms with E-state index >= 15 is 0 Å². The molecule has 2 amide bonds. The van der Waals surface area contributed by atoms with Gasteiger partial charge < -0.3 is 15.3 Å². The molecule has 2 aromatic rings. The topological polar surface area (TPSA) is 69.6 Å². The Morgan fingerprint density at radius 1 is 1.14 bits per heavy atom. The van der Waals surface area contributed by atoms with Crippen molar-refractivity contribution in [1.29, 1.82) is 0 Å². The number of aliphatic hydroxyl groups is 1. The van der Waals surface area contributed by atoms with Crippen molar-refractivity contribution in [1.82, 2.24) is 10.2 Å². The third kappa shape index (κ3) is 5.67. The first-order valence-electron chi connectivity index (χ1n) is 9.74. The van der Waals surface area contributed by atoms with Gasteiger partial charge in [-0.05, 0) is 49.9 Å². The minimum Gasteiger partial charge on any atom is -0.390 e. The number of benzene rings is 2. The second-order valence-electron chi connectivity index (χ2n) is 8.15. The Morgan fingerprint density at radius 3 is 2.57 bits per heavy atom. The highest BCUT2D eigenvalue weighted by Gasteiger charge is 2.30. The van der Waals surface area contributed by atoms with Gasteiger partial charge in [0.2, 0.25) is 5.91 Å². The molecule has 1 aliphatic rings. The lowest BCUT2D eigenvalue weighted by Crippen LogP contribution is -2.37. The van der Waals surface area contributed by atoms with Crippen molar-refractivity contribution in [3.8, 4) is 0 Å². The van der Waals surface area contributed by atoms with Gasteiger partial charge in [0, 0.05) is 25.1 Å².